The van der Waals surface area contributed by atoms with E-state index in [4.69, 9.17) is 0 Å². The number of nitriles is 2. The van der Waals surface area contributed by atoms with Crippen LogP contribution in [-0.4, -0.2) is 37.0 Å². The van der Waals surface area contributed by atoms with Crippen LogP contribution in [0, 0.1) is 22.7 Å². The van der Waals surface area contributed by atoms with Crippen molar-refractivity contribution in [1.29, 1.82) is 10.5 Å². The second kappa shape index (κ2) is 8.73. The van der Waals surface area contributed by atoms with Gasteiger partial charge in [-0.3, -0.25) is 9.59 Å². The van der Waals surface area contributed by atoms with Crippen molar-refractivity contribution in [3.63, 3.8) is 0 Å². The molecule has 22 heavy (non-hydrogen) atoms. The predicted octanol–water partition coefficient (Wildman–Crippen LogP) is 1.06. The molecule has 0 aromatic heterocycles. The minimum absolute atomic E-state index is 0.140. The van der Waals surface area contributed by atoms with E-state index >= 15 is 0 Å². The summed E-state index contributed by atoms with van der Waals surface area (Å²) in [5.41, 5.74) is -2.37. The molecular weight excluding hydrogens is 284 g/mol. The lowest BCUT2D eigenvalue weighted by atomic mass is 9.97. The topological polar surface area (TPSA) is 130 Å². The smallest absolute Gasteiger partial charge is 0.219 e. The van der Waals surface area contributed by atoms with Gasteiger partial charge in [-0.25, -0.2) is 0 Å². The van der Waals surface area contributed by atoms with Gasteiger partial charge in [-0.15, -0.1) is 0 Å². The Bertz CT molecular complexity index is 472. The summed E-state index contributed by atoms with van der Waals surface area (Å²) >= 11 is 0. The zero-order valence-corrected chi connectivity index (χ0v) is 13.4. The molecule has 0 aliphatic rings. The molecule has 2 amide bonds. The molecule has 0 aromatic rings. The van der Waals surface area contributed by atoms with Crippen molar-refractivity contribution in [2.75, 3.05) is 14.1 Å². The number of hydrogen-bond donors (Lipinski definition) is 2. The van der Waals surface area contributed by atoms with Gasteiger partial charge >= 0.3 is 0 Å². The number of nitrogens with one attached hydrogen (secondary N) is 2. The van der Waals surface area contributed by atoms with Crippen LogP contribution in [-0.2, 0) is 9.59 Å². The first-order valence-electron chi connectivity index (χ1n) is 6.92. The average Bonchev–Trinajstić information content (AvgIpc) is 2.55. The molecule has 0 bridgehead atoms. The fourth-order valence-corrected chi connectivity index (χ4v) is 1.44. The Morgan fingerprint density at radius 1 is 0.909 bits per heavy atom. The lowest BCUT2D eigenvalue weighted by Gasteiger charge is -2.19. The van der Waals surface area contributed by atoms with Gasteiger partial charge in [-0.05, 0) is 26.7 Å². The van der Waals surface area contributed by atoms with Gasteiger partial charge in [-0.2, -0.15) is 20.8 Å². The van der Waals surface area contributed by atoms with E-state index in [1.165, 1.54) is 14.1 Å². The Labute approximate surface area is 130 Å². The van der Waals surface area contributed by atoms with Crippen LogP contribution in [0.4, 0.5) is 0 Å². The Morgan fingerprint density at radius 3 is 1.45 bits per heavy atom. The van der Waals surface area contributed by atoms with Gasteiger partial charge in [0.25, 0.3) is 0 Å². The summed E-state index contributed by atoms with van der Waals surface area (Å²) in [6, 6.07) is 4.00. The third-order valence-corrected chi connectivity index (χ3v) is 3.21. The molecule has 8 nitrogen and oxygen atoms in total. The van der Waals surface area contributed by atoms with Crippen molar-refractivity contribution >= 4 is 11.8 Å². The number of hydrogen-bond acceptors (Lipinski definition) is 6. The maximum Gasteiger partial charge on any atom is 0.219 e. The third kappa shape index (κ3) is 6.80. The molecule has 0 spiro atoms. The molecule has 0 rings (SSSR count). The summed E-state index contributed by atoms with van der Waals surface area (Å²) in [6.07, 6.45) is 0.676. The molecule has 0 heterocycles. The summed E-state index contributed by atoms with van der Waals surface area (Å²) in [4.78, 5) is 22.5. The predicted molar refractivity (Wildman–Crippen MR) is 79.5 cm³/mol. The summed E-state index contributed by atoms with van der Waals surface area (Å²) in [5.74, 6) is -0.390. The van der Waals surface area contributed by atoms with Gasteiger partial charge in [-0.1, -0.05) is 0 Å². The Morgan fingerprint density at radius 2 is 1.23 bits per heavy atom. The number of carbonyl (C=O) groups excluding carboxylic acids is 2. The average molecular weight is 306 g/mol. The van der Waals surface area contributed by atoms with E-state index in [1.54, 1.807) is 13.8 Å². The fourth-order valence-electron chi connectivity index (χ4n) is 1.44. The van der Waals surface area contributed by atoms with E-state index < -0.39 is 11.1 Å². The number of nitrogens with zero attached hydrogens (tertiary/aromatic N) is 4. The molecule has 2 N–H and O–H groups in total. The summed E-state index contributed by atoms with van der Waals surface area (Å²) < 4.78 is 0. The molecular formula is C14H22N6O2. The van der Waals surface area contributed by atoms with Crippen molar-refractivity contribution in [3.8, 4) is 12.1 Å². The van der Waals surface area contributed by atoms with Gasteiger partial charge < -0.3 is 10.6 Å². The Balaban J connectivity index is 4.91. The standard InChI is InChI=1S/C14H22N6O2/c1-13(9-15,7-5-11(21)17-3)19-20-14(2,10-16)8-6-12(22)18-4/h5-8H2,1-4H3,(H,17,21)(H,18,22)/b20-19+. The summed E-state index contributed by atoms with van der Waals surface area (Å²) in [6.45, 7) is 3.10. The van der Waals surface area contributed by atoms with Crippen LogP contribution >= 0.6 is 0 Å². The quantitative estimate of drug-likeness (QED) is 0.649. The first-order valence-corrected chi connectivity index (χ1v) is 6.92. The number of rotatable bonds is 8. The van der Waals surface area contributed by atoms with Crippen LogP contribution in [0.2, 0.25) is 0 Å². The van der Waals surface area contributed by atoms with Crippen molar-refractivity contribution in [2.45, 2.75) is 50.6 Å². The number of carbonyl (C=O) groups is 2. The van der Waals surface area contributed by atoms with Crippen molar-refractivity contribution < 1.29 is 9.59 Å². The van der Waals surface area contributed by atoms with Crippen LogP contribution < -0.4 is 10.6 Å². The van der Waals surface area contributed by atoms with E-state index in [1.807, 2.05) is 12.1 Å². The maximum atomic E-state index is 11.3. The zero-order chi connectivity index (χ0) is 17.2. The van der Waals surface area contributed by atoms with E-state index in [0.717, 1.165) is 0 Å². The largest absolute Gasteiger partial charge is 0.359 e. The minimum Gasteiger partial charge on any atom is -0.359 e. The first kappa shape index (κ1) is 19.5. The highest BCUT2D eigenvalue weighted by Crippen LogP contribution is 2.23. The molecule has 8 heteroatoms. The van der Waals surface area contributed by atoms with Crippen molar-refractivity contribution in [1.82, 2.24) is 10.6 Å². The van der Waals surface area contributed by atoms with Gasteiger partial charge in [0.1, 0.15) is 0 Å². The number of azo groups is 1. The van der Waals surface area contributed by atoms with Gasteiger partial charge in [0, 0.05) is 26.9 Å². The summed E-state index contributed by atoms with van der Waals surface area (Å²) in [7, 11) is 3.03. The van der Waals surface area contributed by atoms with Crippen molar-refractivity contribution in [3.05, 3.63) is 0 Å². The van der Waals surface area contributed by atoms with E-state index in [2.05, 4.69) is 20.9 Å². The van der Waals surface area contributed by atoms with E-state index in [-0.39, 0.29) is 37.5 Å². The molecule has 0 saturated carbocycles. The lowest BCUT2D eigenvalue weighted by molar-refractivity contribution is -0.121. The Hall–Kier alpha value is -2.48. The van der Waals surface area contributed by atoms with Crippen LogP contribution in [0.5, 0.6) is 0 Å². The van der Waals surface area contributed by atoms with Gasteiger partial charge in [0.15, 0.2) is 11.1 Å². The molecule has 0 fully saturated rings. The zero-order valence-electron chi connectivity index (χ0n) is 13.4. The molecule has 2 unspecified atom stereocenters. The van der Waals surface area contributed by atoms with Crippen LogP contribution in [0.3, 0.4) is 0 Å². The lowest BCUT2D eigenvalue weighted by Crippen LogP contribution is -2.28. The van der Waals surface area contributed by atoms with E-state index in [9.17, 15) is 20.1 Å². The molecule has 0 aliphatic carbocycles. The van der Waals surface area contributed by atoms with Crippen LogP contribution in [0.25, 0.3) is 0 Å². The molecule has 2 atom stereocenters. The summed E-state index contributed by atoms with van der Waals surface area (Å²) in [5, 5.41) is 31.3. The normalized spacial score (nSPS) is 15.9. The molecule has 0 aliphatic heterocycles. The molecule has 120 valence electrons. The van der Waals surface area contributed by atoms with Crippen molar-refractivity contribution in [2.24, 2.45) is 10.2 Å². The third-order valence-electron chi connectivity index (χ3n) is 3.21. The highest BCUT2D eigenvalue weighted by molar-refractivity contribution is 5.76. The monoisotopic (exact) mass is 306 g/mol. The second-order valence-electron chi connectivity index (χ2n) is 5.32. The van der Waals surface area contributed by atoms with Crippen LogP contribution in [0.1, 0.15) is 39.5 Å². The maximum absolute atomic E-state index is 11.3. The second-order valence-corrected chi connectivity index (χ2v) is 5.32. The highest BCUT2D eigenvalue weighted by Gasteiger charge is 2.29. The molecule has 0 radical (unpaired) electrons. The minimum atomic E-state index is -1.18. The fraction of sp³-hybridized carbons (Fsp3) is 0.714. The SMILES string of the molecule is CNC(=O)CCC(C)(C#N)/N=N/C(C)(C#N)CCC(=O)NC. The highest BCUT2D eigenvalue weighted by atomic mass is 16.2. The van der Waals surface area contributed by atoms with Crippen LogP contribution in [0.15, 0.2) is 10.2 Å². The Kier molecular flexibility index (Phi) is 7.74. The molecule has 0 saturated heterocycles. The molecule has 0 aromatic carbocycles. The van der Waals surface area contributed by atoms with Gasteiger partial charge in [0.05, 0.1) is 12.1 Å². The van der Waals surface area contributed by atoms with Gasteiger partial charge in [0.2, 0.25) is 11.8 Å². The van der Waals surface area contributed by atoms with E-state index in [0.29, 0.717) is 0 Å². The number of amides is 2. The first-order chi connectivity index (χ1) is 10.2.